The smallest absolute Gasteiger partial charge is 0.00882 e. The number of rotatable bonds is 1. The summed E-state index contributed by atoms with van der Waals surface area (Å²) in [6, 6.07) is 38.7. The highest BCUT2D eigenvalue weighted by atomic mass is 14.1. The molecule has 0 heteroatoms. The summed E-state index contributed by atoms with van der Waals surface area (Å²) in [7, 11) is 0. The number of hydrogen-bond donors (Lipinski definition) is 0. The molecule has 0 heterocycles. The first-order chi connectivity index (χ1) is 14.4. The van der Waals surface area contributed by atoms with E-state index in [0.717, 1.165) is 6.42 Å². The highest BCUT2D eigenvalue weighted by Crippen LogP contribution is 2.33. The molecular formula is C29H22. The van der Waals surface area contributed by atoms with Gasteiger partial charge in [0.25, 0.3) is 0 Å². The Morgan fingerprint density at radius 2 is 0.966 bits per heavy atom. The van der Waals surface area contributed by atoms with Crippen molar-refractivity contribution in [2.24, 2.45) is 0 Å². The van der Waals surface area contributed by atoms with Crippen molar-refractivity contribution in [1.29, 1.82) is 0 Å². The van der Waals surface area contributed by atoms with Crippen LogP contribution in [-0.4, -0.2) is 0 Å². The van der Waals surface area contributed by atoms with E-state index in [1.807, 2.05) is 0 Å². The van der Waals surface area contributed by atoms with Gasteiger partial charge in [0.2, 0.25) is 0 Å². The van der Waals surface area contributed by atoms with E-state index in [0.29, 0.717) is 0 Å². The van der Waals surface area contributed by atoms with Crippen molar-refractivity contribution < 1.29 is 0 Å². The fraction of sp³-hybridized carbons (Fsp3) is 0.0345. The van der Waals surface area contributed by atoms with Crippen molar-refractivity contribution in [2.75, 3.05) is 0 Å². The van der Waals surface area contributed by atoms with Crippen molar-refractivity contribution in [3.8, 4) is 11.1 Å². The topological polar surface area (TPSA) is 0 Å². The molecule has 1 aliphatic rings. The lowest BCUT2D eigenvalue weighted by Gasteiger charge is -2.10. The quantitative estimate of drug-likeness (QED) is 0.281. The molecule has 0 aromatic heterocycles. The van der Waals surface area contributed by atoms with E-state index in [4.69, 9.17) is 0 Å². The lowest BCUT2D eigenvalue weighted by atomic mass is 9.94. The molecule has 0 unspecified atom stereocenters. The molecule has 0 aliphatic heterocycles. The summed E-state index contributed by atoms with van der Waals surface area (Å²) in [5.41, 5.74) is 5.45. The van der Waals surface area contributed by atoms with E-state index in [-0.39, 0.29) is 0 Å². The minimum atomic E-state index is 1.12. The molecule has 29 heavy (non-hydrogen) atoms. The Kier molecular flexibility index (Phi) is 4.68. The average molecular weight is 370 g/mol. The molecule has 0 atom stereocenters. The van der Waals surface area contributed by atoms with Crippen molar-refractivity contribution in [3.05, 3.63) is 126 Å². The zero-order chi connectivity index (χ0) is 19.5. The first-order valence-corrected chi connectivity index (χ1v) is 10.1. The zero-order valence-corrected chi connectivity index (χ0v) is 16.3. The Hall–Kier alpha value is -3.64. The third kappa shape index (κ3) is 3.46. The summed E-state index contributed by atoms with van der Waals surface area (Å²) in [4.78, 5) is 0. The summed E-state index contributed by atoms with van der Waals surface area (Å²) in [5, 5.41) is 5.20. The van der Waals surface area contributed by atoms with E-state index >= 15 is 0 Å². The Morgan fingerprint density at radius 3 is 1.59 bits per heavy atom. The van der Waals surface area contributed by atoms with Crippen LogP contribution < -0.4 is 0 Å². The van der Waals surface area contributed by atoms with Gasteiger partial charge in [-0.3, -0.25) is 0 Å². The van der Waals surface area contributed by atoms with Gasteiger partial charge in [0.1, 0.15) is 0 Å². The summed E-state index contributed by atoms with van der Waals surface area (Å²) in [5.74, 6) is 0. The number of fused-ring (bicyclic) bond motifs is 3. The first-order valence-electron chi connectivity index (χ1n) is 10.1. The van der Waals surface area contributed by atoms with Crippen LogP contribution in [0.5, 0.6) is 0 Å². The molecule has 0 fully saturated rings. The average Bonchev–Trinajstić information content (AvgIpc) is 3.28. The van der Waals surface area contributed by atoms with Gasteiger partial charge in [-0.05, 0) is 50.2 Å². The van der Waals surface area contributed by atoms with Crippen molar-refractivity contribution in [3.63, 3.8) is 0 Å². The second-order valence-corrected chi connectivity index (χ2v) is 7.36. The van der Waals surface area contributed by atoms with Gasteiger partial charge in [-0.2, -0.15) is 0 Å². The van der Waals surface area contributed by atoms with Gasteiger partial charge < -0.3 is 0 Å². The van der Waals surface area contributed by atoms with E-state index < -0.39 is 0 Å². The Bertz CT molecular complexity index is 1240. The van der Waals surface area contributed by atoms with E-state index in [9.17, 15) is 0 Å². The van der Waals surface area contributed by atoms with Crippen LogP contribution in [0.4, 0.5) is 0 Å². The second kappa shape index (κ2) is 7.77. The molecule has 5 aromatic carbocycles. The molecule has 0 N–H and O–H groups in total. The van der Waals surface area contributed by atoms with Crippen molar-refractivity contribution in [2.45, 2.75) is 6.42 Å². The van der Waals surface area contributed by atoms with E-state index in [1.54, 1.807) is 0 Å². The van der Waals surface area contributed by atoms with Crippen LogP contribution in [-0.2, 0) is 6.42 Å². The molecular weight excluding hydrogens is 348 g/mol. The lowest BCUT2D eigenvalue weighted by Crippen LogP contribution is -1.83. The Labute approximate surface area is 171 Å². The first kappa shape index (κ1) is 17.5. The summed E-state index contributed by atoms with van der Waals surface area (Å²) in [6.45, 7) is 0. The Balaban J connectivity index is 0.000000168. The molecule has 0 nitrogen and oxygen atoms in total. The summed E-state index contributed by atoms with van der Waals surface area (Å²) in [6.07, 6.45) is 5.50. The molecule has 0 saturated heterocycles. The predicted molar refractivity (Wildman–Crippen MR) is 126 cm³/mol. The SMILES string of the molecule is C1=Cc2ccccc2C1.c1ccc2c(-c3cccc4ccccc34)cccc2c1. The Morgan fingerprint density at radius 1 is 0.448 bits per heavy atom. The fourth-order valence-electron chi connectivity index (χ4n) is 4.12. The van der Waals surface area contributed by atoms with Gasteiger partial charge in [-0.1, -0.05) is 121 Å². The maximum absolute atomic E-state index is 2.21. The van der Waals surface area contributed by atoms with Crippen LogP contribution in [0.1, 0.15) is 11.1 Å². The molecule has 0 spiro atoms. The van der Waals surface area contributed by atoms with Gasteiger partial charge in [0, 0.05) is 0 Å². The van der Waals surface area contributed by atoms with Crippen LogP contribution >= 0.6 is 0 Å². The molecule has 138 valence electrons. The third-order valence-corrected chi connectivity index (χ3v) is 5.56. The summed E-state index contributed by atoms with van der Waals surface area (Å²) >= 11 is 0. The monoisotopic (exact) mass is 370 g/mol. The molecule has 5 aromatic rings. The molecule has 6 rings (SSSR count). The van der Waals surface area contributed by atoms with Gasteiger partial charge in [-0.25, -0.2) is 0 Å². The molecule has 0 radical (unpaired) electrons. The fourth-order valence-corrected chi connectivity index (χ4v) is 4.12. The molecule has 0 bridgehead atoms. The van der Waals surface area contributed by atoms with Gasteiger partial charge in [0.15, 0.2) is 0 Å². The maximum Gasteiger partial charge on any atom is -0.00882 e. The third-order valence-electron chi connectivity index (χ3n) is 5.56. The van der Waals surface area contributed by atoms with Crippen molar-refractivity contribution in [1.82, 2.24) is 0 Å². The normalized spacial score (nSPS) is 11.9. The summed E-state index contributed by atoms with van der Waals surface area (Å²) < 4.78 is 0. The van der Waals surface area contributed by atoms with E-state index in [2.05, 4.69) is 121 Å². The second-order valence-electron chi connectivity index (χ2n) is 7.36. The van der Waals surface area contributed by atoms with Crippen LogP contribution in [0.2, 0.25) is 0 Å². The van der Waals surface area contributed by atoms with Crippen molar-refractivity contribution >= 4 is 27.6 Å². The zero-order valence-electron chi connectivity index (χ0n) is 16.3. The van der Waals surface area contributed by atoms with Gasteiger partial charge in [0.05, 0.1) is 0 Å². The van der Waals surface area contributed by atoms with Crippen LogP contribution in [0.3, 0.4) is 0 Å². The largest absolute Gasteiger partial charge is 0.0795 e. The predicted octanol–water partition coefficient (Wildman–Crippen LogP) is 7.92. The number of benzene rings is 5. The van der Waals surface area contributed by atoms with Crippen LogP contribution in [0, 0.1) is 0 Å². The standard InChI is InChI=1S/C20H14.C9H8/c1-3-11-17-15(7-1)9-5-13-19(17)20-14-6-10-16-8-2-4-12-18(16)20;1-2-5-9-7-3-6-8(9)4-1/h1-14H;1-6H,7H2. The molecule has 0 amide bonds. The minimum absolute atomic E-state index is 1.12. The highest BCUT2D eigenvalue weighted by molar-refractivity contribution is 6.05. The molecule has 0 saturated carbocycles. The van der Waals surface area contributed by atoms with Crippen LogP contribution in [0.15, 0.2) is 115 Å². The lowest BCUT2D eigenvalue weighted by molar-refractivity contribution is 1.31. The number of allylic oxidation sites excluding steroid dienone is 1. The van der Waals surface area contributed by atoms with Gasteiger partial charge in [-0.15, -0.1) is 0 Å². The molecule has 1 aliphatic carbocycles. The maximum atomic E-state index is 2.21. The van der Waals surface area contributed by atoms with Crippen LogP contribution in [0.25, 0.3) is 38.7 Å². The minimum Gasteiger partial charge on any atom is -0.0795 e. The van der Waals surface area contributed by atoms with E-state index in [1.165, 1.54) is 43.8 Å². The van der Waals surface area contributed by atoms with Gasteiger partial charge >= 0.3 is 0 Å². The number of hydrogen-bond acceptors (Lipinski definition) is 0. The highest BCUT2D eigenvalue weighted by Gasteiger charge is 2.06.